The van der Waals surface area contributed by atoms with Crippen molar-refractivity contribution in [3.63, 3.8) is 0 Å². The van der Waals surface area contributed by atoms with Crippen LogP contribution in [0.1, 0.15) is 54.2 Å². The smallest absolute Gasteiger partial charge is 0.341 e. The molecule has 4 rings (SSSR count). The van der Waals surface area contributed by atoms with Crippen LogP contribution in [-0.4, -0.2) is 81.8 Å². The number of nitrogens with one attached hydrogen (secondary N) is 1. The average Bonchev–Trinajstić information content (AvgIpc) is 3.50. The van der Waals surface area contributed by atoms with E-state index in [-0.39, 0.29) is 47.7 Å². The molecule has 2 heterocycles. The maximum Gasteiger partial charge on any atom is 0.341 e. The number of aliphatic carboxylic acids is 1. The van der Waals surface area contributed by atoms with Crippen LogP contribution in [0.3, 0.4) is 0 Å². The van der Waals surface area contributed by atoms with Crippen molar-refractivity contribution in [2.75, 3.05) is 59.1 Å². The molecule has 10 nitrogen and oxygen atoms in total. The van der Waals surface area contributed by atoms with Gasteiger partial charge in [-0.05, 0) is 35.6 Å². The predicted octanol–water partition coefficient (Wildman–Crippen LogP) is 4.10. The van der Waals surface area contributed by atoms with Gasteiger partial charge in [-0.1, -0.05) is 20.8 Å². The number of carboxylic acids is 1. The van der Waals surface area contributed by atoms with E-state index in [0.717, 1.165) is 6.42 Å². The summed E-state index contributed by atoms with van der Waals surface area (Å²) in [5, 5.41) is 18.0. The Morgan fingerprint density at radius 3 is 2.46 bits per heavy atom. The summed E-state index contributed by atoms with van der Waals surface area (Å²) in [5.74, 6) is -1.29. The Kier molecular flexibility index (Phi) is 8.77. The molecule has 0 bridgehead atoms. The third kappa shape index (κ3) is 6.09. The van der Waals surface area contributed by atoms with Gasteiger partial charge in [0.25, 0.3) is 0 Å². The quantitative estimate of drug-likeness (QED) is 0.384. The van der Waals surface area contributed by atoms with Gasteiger partial charge in [-0.2, -0.15) is 0 Å². The standard InChI is InChI=1S/C30H38FN3O7/c1-30(2,3)20-9-18(10-21(27(20)41-16-24(36)37)33-8-7-17(12-33)15-38-4)22(35)14-34-13-19-11-23(39-5)28(40-6)26(31)25(19)29(34)32/h9-11,17,32H,7-8,12-16H2,1-6H3,(H,36,37). The number of ether oxygens (including phenoxy) is 4. The number of ketones is 1. The fraction of sp³-hybridized carbons (Fsp3) is 0.500. The SMILES string of the molecule is COCC1CCN(c2cc(C(=O)CN3Cc4cc(OC)c(OC)c(F)c4C3=N)cc(C(C)(C)C)c2OCC(=O)O)C1. The van der Waals surface area contributed by atoms with Crippen molar-refractivity contribution in [2.45, 2.75) is 39.2 Å². The lowest BCUT2D eigenvalue weighted by atomic mass is 9.84. The molecule has 11 heteroatoms. The molecular formula is C30H38FN3O7. The van der Waals surface area contributed by atoms with E-state index in [4.69, 9.17) is 24.4 Å². The molecule has 2 aromatic rings. The number of benzene rings is 2. The highest BCUT2D eigenvalue weighted by Crippen LogP contribution is 2.43. The summed E-state index contributed by atoms with van der Waals surface area (Å²) >= 11 is 0. The highest BCUT2D eigenvalue weighted by molar-refractivity contribution is 6.06. The molecular weight excluding hydrogens is 533 g/mol. The molecule has 0 aromatic heterocycles. The Labute approximate surface area is 239 Å². The number of Topliss-reactive ketones (excluding diaryl/α,β-unsaturated/α-hetero) is 1. The van der Waals surface area contributed by atoms with Gasteiger partial charge in [-0.3, -0.25) is 10.2 Å². The van der Waals surface area contributed by atoms with Gasteiger partial charge in [0.05, 0.1) is 38.6 Å². The van der Waals surface area contributed by atoms with Crippen molar-refractivity contribution < 1.29 is 38.0 Å². The third-order valence-electron chi connectivity index (χ3n) is 7.51. The minimum Gasteiger partial charge on any atom is -0.493 e. The Morgan fingerprint density at radius 1 is 1.12 bits per heavy atom. The lowest BCUT2D eigenvalue weighted by Crippen LogP contribution is -2.31. The molecule has 0 spiro atoms. The van der Waals surface area contributed by atoms with Gasteiger partial charge < -0.3 is 33.9 Å². The van der Waals surface area contributed by atoms with E-state index >= 15 is 4.39 Å². The molecule has 1 atom stereocenters. The predicted molar refractivity (Wildman–Crippen MR) is 152 cm³/mol. The number of halogens is 1. The van der Waals surface area contributed by atoms with E-state index < -0.39 is 23.8 Å². The third-order valence-corrected chi connectivity index (χ3v) is 7.51. The number of hydrogen-bond acceptors (Lipinski definition) is 8. The Morgan fingerprint density at radius 2 is 1.85 bits per heavy atom. The number of rotatable bonds is 11. The zero-order valence-electron chi connectivity index (χ0n) is 24.4. The van der Waals surface area contributed by atoms with Crippen LogP contribution in [0, 0.1) is 17.1 Å². The summed E-state index contributed by atoms with van der Waals surface area (Å²) in [7, 11) is 4.41. The number of carbonyl (C=O) groups is 2. The number of carboxylic acid groups (broad SMARTS) is 1. The van der Waals surface area contributed by atoms with Crippen LogP contribution in [0.25, 0.3) is 0 Å². The summed E-state index contributed by atoms with van der Waals surface area (Å²) in [5.41, 5.74) is 1.91. The van der Waals surface area contributed by atoms with Crippen molar-refractivity contribution in [1.82, 2.24) is 4.90 Å². The van der Waals surface area contributed by atoms with Crippen molar-refractivity contribution in [3.05, 3.63) is 46.3 Å². The molecule has 0 amide bonds. The van der Waals surface area contributed by atoms with Crippen molar-refractivity contribution >= 4 is 23.3 Å². The number of nitrogens with zero attached hydrogens (tertiary/aromatic N) is 2. The molecule has 41 heavy (non-hydrogen) atoms. The van der Waals surface area contributed by atoms with E-state index in [9.17, 15) is 14.7 Å². The van der Waals surface area contributed by atoms with Crippen LogP contribution in [0.5, 0.6) is 17.2 Å². The lowest BCUT2D eigenvalue weighted by Gasteiger charge is -2.29. The number of carbonyl (C=O) groups excluding carboxylic acids is 1. The average molecular weight is 572 g/mol. The van der Waals surface area contributed by atoms with E-state index in [0.29, 0.717) is 47.8 Å². The second-order valence-corrected chi connectivity index (χ2v) is 11.4. The van der Waals surface area contributed by atoms with Crippen LogP contribution >= 0.6 is 0 Å². The summed E-state index contributed by atoms with van der Waals surface area (Å²) in [6, 6.07) is 5.11. The number of anilines is 1. The molecule has 2 N–H and O–H groups in total. The molecule has 2 aromatic carbocycles. The fourth-order valence-electron chi connectivity index (χ4n) is 5.50. The van der Waals surface area contributed by atoms with Crippen LogP contribution in [0.2, 0.25) is 0 Å². The molecule has 1 saturated heterocycles. The normalized spacial score (nSPS) is 16.7. The molecule has 1 fully saturated rings. The highest BCUT2D eigenvalue weighted by Gasteiger charge is 2.34. The van der Waals surface area contributed by atoms with Gasteiger partial charge in [0, 0.05) is 43.8 Å². The summed E-state index contributed by atoms with van der Waals surface area (Å²) in [6.45, 7) is 7.40. The molecule has 222 valence electrons. The highest BCUT2D eigenvalue weighted by atomic mass is 19.1. The number of hydrogen-bond donors (Lipinski definition) is 2. The maximum absolute atomic E-state index is 15.2. The van der Waals surface area contributed by atoms with Crippen LogP contribution in [-0.2, 0) is 21.5 Å². The topological polar surface area (TPSA) is 122 Å². The first-order valence-electron chi connectivity index (χ1n) is 13.5. The Hall–Kier alpha value is -3.86. The van der Waals surface area contributed by atoms with E-state index in [1.54, 1.807) is 25.3 Å². The molecule has 2 aliphatic heterocycles. The lowest BCUT2D eigenvalue weighted by molar-refractivity contribution is -0.139. The van der Waals surface area contributed by atoms with Gasteiger partial charge in [0.2, 0.25) is 0 Å². The first kappa shape index (κ1) is 30.1. The molecule has 0 aliphatic carbocycles. The van der Waals surface area contributed by atoms with E-state index in [2.05, 4.69) is 4.90 Å². The summed E-state index contributed by atoms with van der Waals surface area (Å²) in [4.78, 5) is 28.8. The fourth-order valence-corrected chi connectivity index (χ4v) is 5.50. The van der Waals surface area contributed by atoms with Gasteiger partial charge in [0.15, 0.2) is 29.7 Å². The first-order valence-corrected chi connectivity index (χ1v) is 13.5. The zero-order valence-corrected chi connectivity index (χ0v) is 24.4. The maximum atomic E-state index is 15.2. The van der Waals surface area contributed by atoms with E-state index in [1.165, 1.54) is 19.1 Å². The van der Waals surface area contributed by atoms with Crippen LogP contribution in [0.4, 0.5) is 10.1 Å². The van der Waals surface area contributed by atoms with Crippen molar-refractivity contribution in [1.29, 1.82) is 5.41 Å². The second-order valence-electron chi connectivity index (χ2n) is 11.4. The van der Waals surface area contributed by atoms with Crippen LogP contribution < -0.4 is 19.1 Å². The first-order chi connectivity index (χ1) is 19.4. The molecule has 1 unspecified atom stereocenters. The number of amidine groups is 1. The van der Waals surface area contributed by atoms with E-state index in [1.807, 2.05) is 20.8 Å². The van der Waals surface area contributed by atoms with Crippen molar-refractivity contribution in [3.8, 4) is 17.2 Å². The van der Waals surface area contributed by atoms with Gasteiger partial charge in [-0.25, -0.2) is 9.18 Å². The van der Waals surface area contributed by atoms with Crippen LogP contribution in [0.15, 0.2) is 18.2 Å². The number of fused-ring (bicyclic) bond motifs is 1. The van der Waals surface area contributed by atoms with Gasteiger partial charge in [-0.15, -0.1) is 0 Å². The largest absolute Gasteiger partial charge is 0.493 e. The summed E-state index contributed by atoms with van der Waals surface area (Å²) < 4.78 is 36.9. The minimum atomic E-state index is -1.10. The van der Waals surface area contributed by atoms with Gasteiger partial charge in [0.1, 0.15) is 11.6 Å². The molecule has 0 saturated carbocycles. The zero-order chi connectivity index (χ0) is 30.1. The Balaban J connectivity index is 1.70. The molecule has 0 radical (unpaired) electrons. The molecule has 2 aliphatic rings. The second kappa shape index (κ2) is 11.9. The van der Waals surface area contributed by atoms with Crippen molar-refractivity contribution in [2.24, 2.45) is 5.92 Å². The number of methoxy groups -OCH3 is 3. The Bertz CT molecular complexity index is 1350. The monoisotopic (exact) mass is 571 g/mol. The summed E-state index contributed by atoms with van der Waals surface area (Å²) in [6.07, 6.45) is 0.886. The van der Waals surface area contributed by atoms with Gasteiger partial charge >= 0.3 is 5.97 Å². The minimum absolute atomic E-state index is 0.0852.